The van der Waals surface area contributed by atoms with Gasteiger partial charge in [-0.3, -0.25) is 0 Å². The molecule has 0 N–H and O–H groups in total. The van der Waals surface area contributed by atoms with Crippen LogP contribution in [0.2, 0.25) is 0 Å². The van der Waals surface area contributed by atoms with Crippen molar-refractivity contribution >= 4 is 11.5 Å². The summed E-state index contributed by atoms with van der Waals surface area (Å²) >= 11 is 1.53. The molecular weight excluding hydrogens is 232 g/mol. The minimum absolute atomic E-state index is 0.588. The molecule has 0 radical (unpaired) electrons. The van der Waals surface area contributed by atoms with E-state index in [4.69, 9.17) is 4.74 Å². The largest absolute Gasteiger partial charge is 0.463 e. The molecule has 96 valence electrons. The van der Waals surface area contributed by atoms with Crippen LogP contribution in [0.15, 0.2) is 0 Å². The normalized spacial score (nSPS) is 24.8. The number of aromatic nitrogens is 2. The van der Waals surface area contributed by atoms with E-state index in [1.807, 2.05) is 0 Å². The highest BCUT2D eigenvalue weighted by atomic mass is 32.1. The summed E-state index contributed by atoms with van der Waals surface area (Å²) in [6.45, 7) is 5.11. The molecule has 1 aliphatic rings. The van der Waals surface area contributed by atoms with Crippen LogP contribution in [0.1, 0.15) is 63.3 Å². The molecule has 3 nitrogen and oxygen atoms in total. The molecule has 1 fully saturated rings. The molecule has 1 aromatic heterocycles. The van der Waals surface area contributed by atoms with Crippen molar-refractivity contribution in [3.05, 3.63) is 5.01 Å². The molecular formula is C13H22N2OS. The maximum Gasteiger partial charge on any atom is 0.328 e. The quantitative estimate of drug-likeness (QED) is 0.796. The average molecular weight is 254 g/mol. The van der Waals surface area contributed by atoms with E-state index in [0.717, 1.165) is 18.9 Å². The molecule has 1 saturated carbocycles. The Labute approximate surface area is 108 Å². The number of nitrogens with zero attached hydrogens (tertiary/aromatic N) is 2. The highest BCUT2D eigenvalue weighted by Gasteiger charge is 2.25. The fourth-order valence-electron chi connectivity index (χ4n) is 2.52. The van der Waals surface area contributed by atoms with Crippen LogP contribution in [0, 0.1) is 5.92 Å². The molecule has 1 aliphatic carbocycles. The topological polar surface area (TPSA) is 35.0 Å². The maximum atomic E-state index is 5.47. The molecule has 1 heterocycles. The summed E-state index contributed by atoms with van der Waals surface area (Å²) in [5.41, 5.74) is 0. The highest BCUT2D eigenvalue weighted by Crippen LogP contribution is 2.38. The number of rotatable bonds is 5. The molecule has 4 heteroatoms. The lowest BCUT2D eigenvalue weighted by Gasteiger charge is -2.26. The lowest BCUT2D eigenvalue weighted by molar-refractivity contribution is 0.290. The first-order valence-electron chi connectivity index (χ1n) is 6.79. The Balaban J connectivity index is 1.94. The van der Waals surface area contributed by atoms with Gasteiger partial charge >= 0.3 is 6.01 Å². The lowest BCUT2D eigenvalue weighted by atomic mass is 9.80. The van der Waals surface area contributed by atoms with Crippen LogP contribution < -0.4 is 4.74 Å². The van der Waals surface area contributed by atoms with E-state index in [2.05, 4.69) is 23.2 Å². The number of ether oxygens (including phenoxy) is 1. The Kier molecular flexibility index (Phi) is 4.77. The molecule has 2 unspecified atom stereocenters. The van der Waals surface area contributed by atoms with Crippen LogP contribution in [0.25, 0.3) is 0 Å². The third-order valence-corrected chi connectivity index (χ3v) is 4.43. The van der Waals surface area contributed by atoms with Crippen molar-refractivity contribution in [1.29, 1.82) is 0 Å². The monoisotopic (exact) mass is 254 g/mol. The Hall–Kier alpha value is -0.640. The summed E-state index contributed by atoms with van der Waals surface area (Å²) < 4.78 is 9.76. The summed E-state index contributed by atoms with van der Waals surface area (Å²) in [5.74, 6) is 1.52. The minimum atomic E-state index is 0.588. The maximum absolute atomic E-state index is 5.47. The Bertz CT molecular complexity index is 340. The van der Waals surface area contributed by atoms with Crippen LogP contribution in [0.3, 0.4) is 0 Å². The van der Waals surface area contributed by atoms with Gasteiger partial charge in [0.15, 0.2) is 0 Å². The van der Waals surface area contributed by atoms with Crippen molar-refractivity contribution in [2.75, 3.05) is 6.61 Å². The number of hydrogen-bond acceptors (Lipinski definition) is 4. The van der Waals surface area contributed by atoms with E-state index in [0.29, 0.717) is 11.9 Å². The van der Waals surface area contributed by atoms with Gasteiger partial charge in [0, 0.05) is 5.92 Å². The van der Waals surface area contributed by atoms with Gasteiger partial charge < -0.3 is 4.74 Å². The zero-order valence-corrected chi connectivity index (χ0v) is 11.6. The van der Waals surface area contributed by atoms with Crippen molar-refractivity contribution in [3.63, 3.8) is 0 Å². The van der Waals surface area contributed by atoms with Crippen LogP contribution in [0.4, 0.5) is 0 Å². The van der Waals surface area contributed by atoms with E-state index in [1.165, 1.54) is 48.6 Å². The molecule has 17 heavy (non-hydrogen) atoms. The summed E-state index contributed by atoms with van der Waals surface area (Å²) in [6, 6.07) is 0.588. The molecule has 1 aromatic rings. The third kappa shape index (κ3) is 3.41. The van der Waals surface area contributed by atoms with Crippen LogP contribution >= 0.6 is 11.5 Å². The lowest BCUT2D eigenvalue weighted by Crippen LogP contribution is -2.13. The summed E-state index contributed by atoms with van der Waals surface area (Å²) in [6.07, 6.45) is 7.61. The second kappa shape index (κ2) is 6.34. The Morgan fingerprint density at radius 3 is 3.00 bits per heavy atom. The smallest absolute Gasteiger partial charge is 0.328 e. The first-order chi connectivity index (χ1) is 8.33. The van der Waals surface area contributed by atoms with Crippen LogP contribution in [-0.2, 0) is 0 Å². The Morgan fingerprint density at radius 1 is 1.35 bits per heavy atom. The molecule has 0 aromatic carbocycles. The molecule has 0 bridgehead atoms. The van der Waals surface area contributed by atoms with Gasteiger partial charge in [-0.25, -0.2) is 0 Å². The van der Waals surface area contributed by atoms with Crippen molar-refractivity contribution < 1.29 is 4.74 Å². The van der Waals surface area contributed by atoms with E-state index in [-0.39, 0.29) is 0 Å². The molecule has 2 rings (SSSR count). The average Bonchev–Trinajstić information content (AvgIpc) is 2.85. The van der Waals surface area contributed by atoms with Gasteiger partial charge in [0.05, 0.1) is 6.61 Å². The van der Waals surface area contributed by atoms with Gasteiger partial charge in [-0.05, 0) is 36.7 Å². The van der Waals surface area contributed by atoms with E-state index >= 15 is 0 Å². The summed E-state index contributed by atoms with van der Waals surface area (Å²) in [5, 5.41) is 1.19. The van der Waals surface area contributed by atoms with Gasteiger partial charge in [-0.15, -0.1) is 4.37 Å². The van der Waals surface area contributed by atoms with E-state index in [9.17, 15) is 0 Å². The van der Waals surface area contributed by atoms with Crippen LogP contribution in [-0.4, -0.2) is 16.0 Å². The predicted molar refractivity (Wildman–Crippen MR) is 70.7 cm³/mol. The minimum Gasteiger partial charge on any atom is -0.463 e. The van der Waals surface area contributed by atoms with Gasteiger partial charge in [-0.1, -0.05) is 33.1 Å². The highest BCUT2D eigenvalue weighted by molar-refractivity contribution is 7.05. The molecule has 0 saturated heterocycles. The van der Waals surface area contributed by atoms with Crippen molar-refractivity contribution in [2.24, 2.45) is 5.92 Å². The molecule has 0 aliphatic heterocycles. The fourth-order valence-corrected chi connectivity index (χ4v) is 3.27. The van der Waals surface area contributed by atoms with E-state index < -0.39 is 0 Å². The third-order valence-electron chi connectivity index (χ3n) is 3.57. The first kappa shape index (κ1) is 12.8. The molecule has 2 atom stereocenters. The second-order valence-corrected chi connectivity index (χ2v) is 5.68. The van der Waals surface area contributed by atoms with Crippen molar-refractivity contribution in [1.82, 2.24) is 9.36 Å². The van der Waals surface area contributed by atoms with Crippen molar-refractivity contribution in [2.45, 2.75) is 58.3 Å². The first-order valence-corrected chi connectivity index (χ1v) is 7.57. The SMILES string of the molecule is CCCOc1nsc(C2CCCC(CC)C2)n1. The predicted octanol–water partition coefficient (Wildman–Crippen LogP) is 4.01. The fraction of sp³-hybridized carbons (Fsp3) is 0.846. The van der Waals surface area contributed by atoms with Crippen LogP contribution in [0.5, 0.6) is 6.01 Å². The standard InChI is InChI=1S/C13H22N2OS/c1-3-8-16-13-14-12(17-15-13)11-7-5-6-10(4-2)9-11/h10-11H,3-9H2,1-2H3. The second-order valence-electron chi connectivity index (χ2n) is 4.90. The van der Waals surface area contributed by atoms with Gasteiger partial charge in [-0.2, -0.15) is 4.98 Å². The number of hydrogen-bond donors (Lipinski definition) is 0. The van der Waals surface area contributed by atoms with Crippen molar-refractivity contribution in [3.8, 4) is 6.01 Å². The molecule has 0 amide bonds. The zero-order chi connectivity index (χ0) is 12.1. The van der Waals surface area contributed by atoms with Gasteiger partial charge in [0.2, 0.25) is 0 Å². The summed E-state index contributed by atoms with van der Waals surface area (Å²) in [7, 11) is 0. The molecule has 0 spiro atoms. The van der Waals surface area contributed by atoms with Gasteiger partial charge in [0.1, 0.15) is 5.01 Å². The Morgan fingerprint density at radius 2 is 2.24 bits per heavy atom. The zero-order valence-electron chi connectivity index (χ0n) is 10.8. The van der Waals surface area contributed by atoms with Gasteiger partial charge in [0.25, 0.3) is 0 Å². The van der Waals surface area contributed by atoms with E-state index in [1.54, 1.807) is 0 Å². The summed E-state index contributed by atoms with van der Waals surface area (Å²) in [4.78, 5) is 4.53.